The van der Waals surface area contributed by atoms with Gasteiger partial charge in [0.2, 0.25) is 11.8 Å². The van der Waals surface area contributed by atoms with E-state index in [9.17, 15) is 19.2 Å². The molecule has 172 valence electrons. The number of thioether (sulfide) groups is 1. The van der Waals surface area contributed by atoms with Crippen molar-refractivity contribution in [3.05, 3.63) is 94.5 Å². The third kappa shape index (κ3) is 5.38. The molecule has 1 unspecified atom stereocenters. The second kappa shape index (κ2) is 10.2. The van der Waals surface area contributed by atoms with Crippen molar-refractivity contribution in [3.8, 4) is 0 Å². The predicted molar refractivity (Wildman–Crippen MR) is 130 cm³/mol. The van der Waals surface area contributed by atoms with Crippen LogP contribution in [0.15, 0.2) is 77.7 Å². The van der Waals surface area contributed by atoms with Gasteiger partial charge in [-0.2, -0.15) is 0 Å². The summed E-state index contributed by atoms with van der Waals surface area (Å²) in [5.41, 5.74) is 2.09. The van der Waals surface area contributed by atoms with Crippen LogP contribution in [0.3, 0.4) is 0 Å². The van der Waals surface area contributed by atoms with Gasteiger partial charge in [0.15, 0.2) is 12.4 Å². The molecule has 0 spiro atoms. The van der Waals surface area contributed by atoms with Gasteiger partial charge in [-0.15, -0.1) is 11.8 Å². The third-order valence-corrected chi connectivity index (χ3v) is 6.72. The number of hydrogen-bond donors (Lipinski definition) is 0. The maximum atomic E-state index is 12.9. The van der Waals surface area contributed by atoms with Crippen molar-refractivity contribution in [3.63, 3.8) is 0 Å². The van der Waals surface area contributed by atoms with Crippen LogP contribution in [-0.4, -0.2) is 35.4 Å². The molecule has 0 aromatic heterocycles. The lowest BCUT2D eigenvalue weighted by Gasteiger charge is -2.15. The summed E-state index contributed by atoms with van der Waals surface area (Å²) in [5.74, 6) is -1.62. The highest BCUT2D eigenvalue weighted by molar-refractivity contribution is 8.00. The Hall–Kier alpha value is -3.42. The van der Waals surface area contributed by atoms with Crippen LogP contribution in [0.2, 0.25) is 5.02 Å². The summed E-state index contributed by atoms with van der Waals surface area (Å²) in [7, 11) is 0. The number of benzene rings is 3. The summed E-state index contributed by atoms with van der Waals surface area (Å²) < 4.78 is 5.10. The van der Waals surface area contributed by atoms with Crippen molar-refractivity contribution in [1.29, 1.82) is 0 Å². The van der Waals surface area contributed by atoms with Crippen LogP contribution in [-0.2, 0) is 14.3 Å². The van der Waals surface area contributed by atoms with Gasteiger partial charge in [-0.3, -0.25) is 14.4 Å². The molecule has 3 aromatic carbocycles. The average Bonchev–Trinajstić information content (AvgIpc) is 3.11. The summed E-state index contributed by atoms with van der Waals surface area (Å²) in [6.45, 7) is 1.57. The third-order valence-electron chi connectivity index (χ3n) is 5.27. The molecule has 0 radical (unpaired) electrons. The van der Waals surface area contributed by atoms with E-state index in [0.29, 0.717) is 16.3 Å². The molecule has 6 nitrogen and oxygen atoms in total. The van der Waals surface area contributed by atoms with Gasteiger partial charge in [-0.25, -0.2) is 9.69 Å². The number of esters is 1. The zero-order chi connectivity index (χ0) is 24.2. The number of ketones is 1. The Balaban J connectivity index is 1.37. The standard InChI is InChI=1S/C26H20ClNO5S/c1-16-2-12-21(13-3-16)34-23-14-24(30)28(25(23)31)20-10-6-18(7-11-20)26(32)33-15-22(29)17-4-8-19(27)9-5-17/h2-13,23H,14-15H2,1H3. The highest BCUT2D eigenvalue weighted by Crippen LogP contribution is 2.34. The van der Waals surface area contributed by atoms with Gasteiger partial charge < -0.3 is 4.74 Å². The number of nitrogens with zero attached hydrogens (tertiary/aromatic N) is 1. The van der Waals surface area contributed by atoms with Crippen LogP contribution in [0, 0.1) is 6.92 Å². The van der Waals surface area contributed by atoms with Gasteiger partial charge in [0.1, 0.15) is 0 Å². The second-order valence-corrected chi connectivity index (χ2v) is 9.46. The van der Waals surface area contributed by atoms with Crippen molar-refractivity contribution in [1.82, 2.24) is 0 Å². The van der Waals surface area contributed by atoms with Crippen LogP contribution in [0.25, 0.3) is 0 Å². The van der Waals surface area contributed by atoms with Crippen molar-refractivity contribution in [2.24, 2.45) is 0 Å². The van der Waals surface area contributed by atoms with Crippen LogP contribution in [0.5, 0.6) is 0 Å². The van der Waals surface area contributed by atoms with E-state index in [1.165, 1.54) is 36.0 Å². The fourth-order valence-corrected chi connectivity index (χ4v) is 4.61. The molecule has 0 saturated carbocycles. The maximum absolute atomic E-state index is 12.9. The van der Waals surface area contributed by atoms with E-state index in [2.05, 4.69) is 0 Å². The monoisotopic (exact) mass is 493 g/mol. The molecule has 34 heavy (non-hydrogen) atoms. The number of aryl methyl sites for hydroxylation is 1. The lowest BCUT2D eigenvalue weighted by Crippen LogP contribution is -2.31. The van der Waals surface area contributed by atoms with Gasteiger partial charge in [0, 0.05) is 21.9 Å². The second-order valence-electron chi connectivity index (χ2n) is 7.74. The van der Waals surface area contributed by atoms with E-state index in [1.807, 2.05) is 31.2 Å². The minimum absolute atomic E-state index is 0.105. The van der Waals surface area contributed by atoms with E-state index >= 15 is 0 Å². The Morgan fingerprint density at radius 3 is 2.21 bits per heavy atom. The SMILES string of the molecule is Cc1ccc(SC2CC(=O)N(c3ccc(C(=O)OCC(=O)c4ccc(Cl)cc4)cc3)C2=O)cc1. The molecule has 4 rings (SSSR count). The molecule has 1 atom stereocenters. The lowest BCUT2D eigenvalue weighted by atomic mass is 10.1. The molecule has 2 amide bonds. The minimum Gasteiger partial charge on any atom is -0.454 e. The first-order chi connectivity index (χ1) is 16.3. The number of halogens is 1. The Bertz CT molecular complexity index is 1240. The number of carbonyl (C=O) groups excluding carboxylic acids is 4. The predicted octanol–water partition coefficient (Wildman–Crippen LogP) is 5.11. The fraction of sp³-hybridized carbons (Fsp3) is 0.154. The van der Waals surface area contributed by atoms with E-state index in [-0.39, 0.29) is 29.6 Å². The molecule has 1 heterocycles. The number of ether oxygens (including phenoxy) is 1. The minimum atomic E-state index is -0.680. The van der Waals surface area contributed by atoms with Crippen LogP contribution in [0.1, 0.15) is 32.7 Å². The van der Waals surface area contributed by atoms with Gasteiger partial charge in [-0.1, -0.05) is 29.3 Å². The molecule has 0 bridgehead atoms. The zero-order valence-corrected chi connectivity index (χ0v) is 19.8. The highest BCUT2D eigenvalue weighted by atomic mass is 35.5. The van der Waals surface area contributed by atoms with E-state index in [0.717, 1.165) is 15.4 Å². The molecular formula is C26H20ClNO5S. The molecule has 1 fully saturated rings. The van der Waals surface area contributed by atoms with Crippen LogP contribution < -0.4 is 4.90 Å². The highest BCUT2D eigenvalue weighted by Gasteiger charge is 2.40. The van der Waals surface area contributed by atoms with Crippen molar-refractivity contribution in [2.45, 2.75) is 23.5 Å². The first-order valence-electron chi connectivity index (χ1n) is 10.5. The number of anilines is 1. The smallest absolute Gasteiger partial charge is 0.338 e. The van der Waals surface area contributed by atoms with Crippen LogP contribution >= 0.6 is 23.4 Å². The van der Waals surface area contributed by atoms with Crippen molar-refractivity contribution < 1.29 is 23.9 Å². The van der Waals surface area contributed by atoms with Gasteiger partial charge in [0.05, 0.1) is 16.5 Å². The fourth-order valence-electron chi connectivity index (χ4n) is 3.43. The summed E-state index contributed by atoms with van der Waals surface area (Å²) in [6.07, 6.45) is 0.105. The molecule has 8 heteroatoms. The van der Waals surface area contributed by atoms with Crippen molar-refractivity contribution in [2.75, 3.05) is 11.5 Å². The molecular weight excluding hydrogens is 474 g/mol. The van der Waals surface area contributed by atoms with Gasteiger partial charge in [-0.05, 0) is 67.6 Å². The molecule has 0 aliphatic carbocycles. The Labute approximate surface area is 205 Å². The Morgan fingerprint density at radius 1 is 0.941 bits per heavy atom. The maximum Gasteiger partial charge on any atom is 0.338 e. The quantitative estimate of drug-likeness (QED) is 0.258. The zero-order valence-electron chi connectivity index (χ0n) is 18.2. The Morgan fingerprint density at radius 2 is 1.56 bits per heavy atom. The molecule has 1 saturated heterocycles. The molecule has 1 aliphatic rings. The first-order valence-corrected chi connectivity index (χ1v) is 11.7. The Kier molecular flexibility index (Phi) is 7.14. The number of carbonyl (C=O) groups is 4. The largest absolute Gasteiger partial charge is 0.454 e. The topological polar surface area (TPSA) is 80.8 Å². The van der Waals surface area contributed by atoms with Crippen LogP contribution in [0.4, 0.5) is 5.69 Å². The normalized spacial score (nSPS) is 15.5. The first kappa shape index (κ1) is 23.7. The summed E-state index contributed by atoms with van der Waals surface area (Å²) in [4.78, 5) is 52.0. The molecule has 1 aliphatic heterocycles. The number of Topliss-reactive ketones (excluding diaryl/α,β-unsaturated/α-hetero) is 1. The molecule has 0 N–H and O–H groups in total. The number of amides is 2. The number of hydrogen-bond acceptors (Lipinski definition) is 6. The number of imide groups is 1. The summed E-state index contributed by atoms with van der Waals surface area (Å²) in [6, 6.07) is 20.0. The van der Waals surface area contributed by atoms with E-state index in [4.69, 9.17) is 16.3 Å². The van der Waals surface area contributed by atoms with E-state index < -0.39 is 17.8 Å². The summed E-state index contributed by atoms with van der Waals surface area (Å²) >= 11 is 7.17. The average molecular weight is 494 g/mol. The van der Waals surface area contributed by atoms with Gasteiger partial charge in [0.25, 0.3) is 0 Å². The molecule has 3 aromatic rings. The lowest BCUT2D eigenvalue weighted by molar-refractivity contribution is -0.121. The van der Waals surface area contributed by atoms with Crippen molar-refractivity contribution >= 4 is 52.6 Å². The summed E-state index contributed by atoms with van der Waals surface area (Å²) in [5, 5.41) is 0.00221. The number of rotatable bonds is 7. The van der Waals surface area contributed by atoms with Gasteiger partial charge >= 0.3 is 5.97 Å². The van der Waals surface area contributed by atoms with E-state index in [1.54, 1.807) is 24.3 Å².